The minimum absolute atomic E-state index is 0.0540. The molecule has 2 rings (SSSR count). The Bertz CT molecular complexity index is 638. The summed E-state index contributed by atoms with van der Waals surface area (Å²) in [4.78, 5) is 12.1. The summed E-state index contributed by atoms with van der Waals surface area (Å²) in [5.41, 5.74) is 0.473. The lowest BCUT2D eigenvalue weighted by Gasteiger charge is -2.09. The van der Waals surface area contributed by atoms with Crippen molar-refractivity contribution in [3.63, 3.8) is 0 Å². The second-order valence-electron chi connectivity index (χ2n) is 5.95. The minimum atomic E-state index is -0.408. The number of tetrazole rings is 1. The molecule has 7 heteroatoms. The van der Waals surface area contributed by atoms with Crippen LogP contribution in [0.3, 0.4) is 0 Å². The van der Waals surface area contributed by atoms with Crippen molar-refractivity contribution in [2.45, 2.75) is 46.8 Å². The molecule has 0 amide bonds. The molecule has 130 valence electrons. The summed E-state index contributed by atoms with van der Waals surface area (Å²) in [5, 5.41) is 11.3. The zero-order valence-corrected chi connectivity index (χ0v) is 14.4. The van der Waals surface area contributed by atoms with Crippen molar-refractivity contribution >= 4 is 5.97 Å². The van der Waals surface area contributed by atoms with Gasteiger partial charge >= 0.3 is 5.97 Å². The van der Waals surface area contributed by atoms with Crippen molar-refractivity contribution in [1.29, 1.82) is 0 Å². The van der Waals surface area contributed by atoms with Gasteiger partial charge in [0.1, 0.15) is 5.75 Å². The van der Waals surface area contributed by atoms with Gasteiger partial charge in [0.15, 0.2) is 12.4 Å². The zero-order chi connectivity index (χ0) is 17.4. The highest BCUT2D eigenvalue weighted by atomic mass is 16.5. The zero-order valence-electron chi connectivity index (χ0n) is 14.4. The Balaban J connectivity index is 1.85. The van der Waals surface area contributed by atoms with Crippen molar-refractivity contribution in [3.8, 4) is 5.75 Å². The second kappa shape index (κ2) is 9.00. The number of benzene rings is 1. The maximum atomic E-state index is 12.1. The first-order chi connectivity index (χ1) is 11.6. The Morgan fingerprint density at radius 3 is 2.67 bits per heavy atom. The molecule has 7 nitrogen and oxygen atoms in total. The Hall–Kier alpha value is -2.44. The van der Waals surface area contributed by atoms with E-state index in [0.717, 1.165) is 18.6 Å². The van der Waals surface area contributed by atoms with E-state index >= 15 is 0 Å². The average molecular weight is 332 g/mol. The molecule has 0 bridgehead atoms. The van der Waals surface area contributed by atoms with Crippen LogP contribution >= 0.6 is 0 Å². The highest BCUT2D eigenvalue weighted by Gasteiger charge is 2.11. The van der Waals surface area contributed by atoms with Crippen LogP contribution < -0.4 is 4.74 Å². The van der Waals surface area contributed by atoms with Gasteiger partial charge in [0, 0.05) is 6.54 Å². The SMILES string of the molecule is CCCn1nnnc1COC(=O)c1ccc(OCCC(C)C)cc1. The third-order valence-corrected chi connectivity index (χ3v) is 3.43. The Morgan fingerprint density at radius 1 is 1.25 bits per heavy atom. The van der Waals surface area contributed by atoms with Crippen LogP contribution in [0, 0.1) is 5.92 Å². The molecular formula is C17H24N4O3. The van der Waals surface area contributed by atoms with Crippen molar-refractivity contribution < 1.29 is 14.3 Å². The van der Waals surface area contributed by atoms with E-state index in [1.54, 1.807) is 28.9 Å². The van der Waals surface area contributed by atoms with Gasteiger partial charge in [-0.3, -0.25) is 0 Å². The second-order valence-corrected chi connectivity index (χ2v) is 5.95. The Labute approximate surface area is 142 Å². The standard InChI is InChI=1S/C17H24N4O3/c1-4-10-21-16(18-19-20-21)12-24-17(22)14-5-7-15(8-6-14)23-11-9-13(2)3/h5-8,13H,4,9-12H2,1-3H3. The summed E-state index contributed by atoms with van der Waals surface area (Å²) >= 11 is 0. The quantitative estimate of drug-likeness (QED) is 0.657. The molecule has 1 aromatic heterocycles. The summed E-state index contributed by atoms with van der Waals surface area (Å²) in [6.07, 6.45) is 1.90. The third kappa shape index (κ3) is 5.33. The fraction of sp³-hybridized carbons (Fsp3) is 0.529. The van der Waals surface area contributed by atoms with Crippen LogP contribution in [-0.4, -0.2) is 32.8 Å². The lowest BCUT2D eigenvalue weighted by atomic mass is 10.1. The fourth-order valence-electron chi connectivity index (χ4n) is 2.03. The van der Waals surface area contributed by atoms with E-state index in [2.05, 4.69) is 29.4 Å². The number of carbonyl (C=O) groups excluding carboxylic acids is 1. The van der Waals surface area contributed by atoms with Crippen LogP contribution in [0.5, 0.6) is 5.75 Å². The fourth-order valence-corrected chi connectivity index (χ4v) is 2.03. The highest BCUT2D eigenvalue weighted by molar-refractivity contribution is 5.89. The number of rotatable bonds is 9. The maximum Gasteiger partial charge on any atom is 0.338 e. The average Bonchev–Trinajstić information content (AvgIpc) is 3.00. The predicted octanol–water partition coefficient (Wildman–Crippen LogP) is 2.87. The van der Waals surface area contributed by atoms with Gasteiger partial charge in [-0.1, -0.05) is 20.8 Å². The summed E-state index contributed by atoms with van der Waals surface area (Å²) < 4.78 is 12.5. The third-order valence-electron chi connectivity index (χ3n) is 3.43. The Morgan fingerprint density at radius 2 is 2.00 bits per heavy atom. The Kier molecular flexibility index (Phi) is 6.72. The lowest BCUT2D eigenvalue weighted by Crippen LogP contribution is -2.11. The van der Waals surface area contributed by atoms with Gasteiger partial charge in [0.25, 0.3) is 0 Å². The van der Waals surface area contributed by atoms with E-state index in [1.807, 2.05) is 6.92 Å². The monoisotopic (exact) mass is 332 g/mol. The van der Waals surface area contributed by atoms with Gasteiger partial charge in [0.05, 0.1) is 12.2 Å². The number of esters is 1. The summed E-state index contributed by atoms with van der Waals surface area (Å²) in [7, 11) is 0. The number of ether oxygens (including phenoxy) is 2. The number of hydrogen-bond donors (Lipinski definition) is 0. The molecule has 1 aromatic carbocycles. The molecule has 0 aliphatic rings. The van der Waals surface area contributed by atoms with E-state index < -0.39 is 5.97 Å². The van der Waals surface area contributed by atoms with Crippen LogP contribution in [0.1, 0.15) is 49.8 Å². The van der Waals surface area contributed by atoms with E-state index in [0.29, 0.717) is 30.5 Å². The van der Waals surface area contributed by atoms with Crippen LogP contribution in [0.2, 0.25) is 0 Å². The van der Waals surface area contributed by atoms with Gasteiger partial charge in [-0.05, 0) is 53.5 Å². The van der Waals surface area contributed by atoms with Gasteiger partial charge in [-0.25, -0.2) is 9.48 Å². The number of hydrogen-bond acceptors (Lipinski definition) is 6. The topological polar surface area (TPSA) is 79.1 Å². The number of nitrogens with zero attached hydrogens (tertiary/aromatic N) is 4. The molecule has 1 heterocycles. The number of aromatic nitrogens is 4. The molecule has 0 unspecified atom stereocenters. The van der Waals surface area contributed by atoms with Gasteiger partial charge < -0.3 is 9.47 Å². The molecule has 0 aliphatic heterocycles. The molecule has 24 heavy (non-hydrogen) atoms. The smallest absolute Gasteiger partial charge is 0.338 e. The number of carbonyl (C=O) groups is 1. The van der Waals surface area contributed by atoms with E-state index in [1.165, 1.54) is 0 Å². The first kappa shape index (κ1) is 17.9. The molecule has 0 radical (unpaired) electrons. The largest absolute Gasteiger partial charge is 0.494 e. The van der Waals surface area contributed by atoms with Crippen molar-refractivity contribution in [3.05, 3.63) is 35.7 Å². The summed E-state index contributed by atoms with van der Waals surface area (Å²) in [5.74, 6) is 1.48. The molecule has 0 aliphatic carbocycles. The molecule has 0 saturated heterocycles. The first-order valence-electron chi connectivity index (χ1n) is 8.25. The maximum absolute atomic E-state index is 12.1. The molecular weight excluding hydrogens is 308 g/mol. The van der Waals surface area contributed by atoms with Crippen molar-refractivity contribution in [2.75, 3.05) is 6.61 Å². The molecule has 2 aromatic rings. The molecule has 0 atom stereocenters. The van der Waals surface area contributed by atoms with Crippen LogP contribution in [0.4, 0.5) is 0 Å². The van der Waals surface area contributed by atoms with E-state index in [9.17, 15) is 4.79 Å². The lowest BCUT2D eigenvalue weighted by molar-refractivity contribution is 0.0456. The van der Waals surface area contributed by atoms with Crippen LogP contribution in [0.25, 0.3) is 0 Å². The van der Waals surface area contributed by atoms with E-state index in [4.69, 9.17) is 9.47 Å². The number of aryl methyl sites for hydroxylation is 1. The molecule has 0 N–H and O–H groups in total. The predicted molar refractivity (Wildman–Crippen MR) is 88.6 cm³/mol. The normalized spacial score (nSPS) is 10.8. The highest BCUT2D eigenvalue weighted by Crippen LogP contribution is 2.14. The van der Waals surface area contributed by atoms with E-state index in [-0.39, 0.29) is 6.61 Å². The minimum Gasteiger partial charge on any atom is -0.494 e. The van der Waals surface area contributed by atoms with Crippen molar-refractivity contribution in [2.24, 2.45) is 5.92 Å². The molecule has 0 spiro atoms. The molecule has 0 saturated carbocycles. The van der Waals surface area contributed by atoms with Crippen LogP contribution in [0.15, 0.2) is 24.3 Å². The van der Waals surface area contributed by atoms with Crippen molar-refractivity contribution in [1.82, 2.24) is 20.2 Å². The van der Waals surface area contributed by atoms with Gasteiger partial charge in [-0.2, -0.15) is 0 Å². The molecule has 0 fully saturated rings. The van der Waals surface area contributed by atoms with Gasteiger partial charge in [-0.15, -0.1) is 5.10 Å². The summed E-state index contributed by atoms with van der Waals surface area (Å²) in [6, 6.07) is 6.94. The van der Waals surface area contributed by atoms with Crippen LogP contribution in [-0.2, 0) is 17.9 Å². The van der Waals surface area contributed by atoms with Gasteiger partial charge in [0.2, 0.25) is 0 Å². The summed E-state index contributed by atoms with van der Waals surface area (Å²) in [6.45, 7) is 7.75. The first-order valence-corrected chi connectivity index (χ1v) is 8.25.